The molecule has 0 aromatic heterocycles. The van der Waals surface area contributed by atoms with Gasteiger partial charge in [-0.2, -0.15) is 0 Å². The van der Waals surface area contributed by atoms with Crippen LogP contribution in [0.2, 0.25) is 0 Å². The molecule has 0 saturated carbocycles. The summed E-state index contributed by atoms with van der Waals surface area (Å²) in [5.41, 5.74) is 0. The molecule has 0 aliphatic rings. The van der Waals surface area contributed by atoms with Crippen LogP contribution in [0.15, 0.2) is 0 Å². The van der Waals surface area contributed by atoms with E-state index in [9.17, 15) is 4.57 Å². The van der Waals surface area contributed by atoms with Crippen molar-refractivity contribution in [1.82, 2.24) is 0 Å². The van der Waals surface area contributed by atoms with Gasteiger partial charge in [-0.1, -0.05) is 0 Å². The molecular formula is C7H17O6P. The Morgan fingerprint density at radius 2 is 1.71 bits per heavy atom. The summed E-state index contributed by atoms with van der Waals surface area (Å²) in [7, 11) is -4.37. The minimum Gasteiger partial charge on any atom is -0.353 e. The molecule has 7 heteroatoms. The van der Waals surface area contributed by atoms with Crippen LogP contribution in [0.3, 0.4) is 0 Å². The van der Waals surface area contributed by atoms with Gasteiger partial charge in [0.05, 0.1) is 6.61 Å². The van der Waals surface area contributed by atoms with Crippen LogP contribution in [0.5, 0.6) is 0 Å². The number of rotatable bonds is 8. The Balaban J connectivity index is 3.65. The van der Waals surface area contributed by atoms with E-state index in [4.69, 9.17) is 19.3 Å². The number of hydrogen-bond acceptors (Lipinski definition) is 4. The summed E-state index contributed by atoms with van der Waals surface area (Å²) in [6.07, 6.45) is -0.163. The summed E-state index contributed by atoms with van der Waals surface area (Å²) < 4.78 is 24.9. The van der Waals surface area contributed by atoms with Gasteiger partial charge in [0.25, 0.3) is 0 Å². The van der Waals surface area contributed by atoms with Crippen LogP contribution >= 0.6 is 7.82 Å². The van der Waals surface area contributed by atoms with E-state index in [-0.39, 0.29) is 6.61 Å². The molecule has 0 spiro atoms. The topological polar surface area (TPSA) is 85.2 Å². The van der Waals surface area contributed by atoms with Crippen molar-refractivity contribution in [2.75, 3.05) is 19.8 Å². The molecule has 6 nitrogen and oxygen atoms in total. The summed E-state index contributed by atoms with van der Waals surface area (Å²) in [6.45, 7) is 4.52. The molecule has 0 aliphatic heterocycles. The fraction of sp³-hybridized carbons (Fsp3) is 1.00. The summed E-state index contributed by atoms with van der Waals surface area (Å²) in [5.74, 6) is 0. The second-order valence-corrected chi connectivity index (χ2v) is 3.69. The first-order chi connectivity index (χ1) is 6.49. The molecule has 86 valence electrons. The standard InChI is InChI=1S/C7H17O6P/c1-3-11-7(12-4-2)5-6-13-14(8,9)10/h7H,3-6H2,1-2H3,(H2,8,9,10). The van der Waals surface area contributed by atoms with Crippen LogP contribution in [-0.2, 0) is 18.6 Å². The van der Waals surface area contributed by atoms with Crippen molar-refractivity contribution >= 4 is 7.82 Å². The third kappa shape index (κ3) is 8.62. The fourth-order valence-corrected chi connectivity index (χ4v) is 1.20. The van der Waals surface area contributed by atoms with Gasteiger partial charge in [0.15, 0.2) is 6.29 Å². The van der Waals surface area contributed by atoms with E-state index in [1.165, 1.54) is 0 Å². The maximum Gasteiger partial charge on any atom is 0.469 e. The lowest BCUT2D eigenvalue weighted by atomic mass is 10.4. The summed E-state index contributed by atoms with van der Waals surface area (Å²) in [6, 6.07) is 0. The first-order valence-corrected chi connectivity index (χ1v) is 5.96. The van der Waals surface area contributed by atoms with Crippen LogP contribution in [0, 0.1) is 0 Å². The molecule has 0 radical (unpaired) electrons. The van der Waals surface area contributed by atoms with E-state index < -0.39 is 14.1 Å². The van der Waals surface area contributed by atoms with Crippen molar-refractivity contribution in [2.45, 2.75) is 26.6 Å². The molecule has 0 aromatic carbocycles. The zero-order valence-corrected chi connectivity index (χ0v) is 9.27. The van der Waals surface area contributed by atoms with Crippen LogP contribution in [0.1, 0.15) is 20.3 Å². The van der Waals surface area contributed by atoms with Crippen molar-refractivity contribution in [3.8, 4) is 0 Å². The Labute approximate surface area is 83.4 Å². The molecular weight excluding hydrogens is 211 g/mol. The van der Waals surface area contributed by atoms with Crippen LogP contribution in [0.4, 0.5) is 0 Å². The van der Waals surface area contributed by atoms with Crippen LogP contribution in [0.25, 0.3) is 0 Å². The lowest BCUT2D eigenvalue weighted by molar-refractivity contribution is -0.143. The summed E-state index contributed by atoms with van der Waals surface area (Å²) in [4.78, 5) is 16.8. The summed E-state index contributed by atoms with van der Waals surface area (Å²) in [5, 5.41) is 0. The summed E-state index contributed by atoms with van der Waals surface area (Å²) >= 11 is 0. The fourth-order valence-electron chi connectivity index (χ4n) is 0.854. The predicted molar refractivity (Wildman–Crippen MR) is 49.7 cm³/mol. The second-order valence-electron chi connectivity index (χ2n) is 2.45. The average molecular weight is 228 g/mol. The SMILES string of the molecule is CCOC(CCOP(=O)(O)O)OCC. The van der Waals surface area contributed by atoms with Crippen LogP contribution < -0.4 is 0 Å². The third-order valence-corrected chi connectivity index (χ3v) is 1.84. The highest BCUT2D eigenvalue weighted by molar-refractivity contribution is 7.46. The van der Waals surface area contributed by atoms with Crippen LogP contribution in [-0.4, -0.2) is 35.9 Å². The molecule has 0 unspecified atom stereocenters. The Bertz CT molecular complexity index is 173. The zero-order chi connectivity index (χ0) is 11.0. The lowest BCUT2D eigenvalue weighted by Gasteiger charge is -2.16. The Hall–Kier alpha value is 0.0300. The second kappa shape index (κ2) is 7.34. The van der Waals surface area contributed by atoms with Crippen molar-refractivity contribution in [3.05, 3.63) is 0 Å². The van der Waals surface area contributed by atoms with Gasteiger partial charge in [0.2, 0.25) is 0 Å². The Morgan fingerprint density at radius 1 is 1.21 bits per heavy atom. The number of hydrogen-bond donors (Lipinski definition) is 2. The van der Waals surface area contributed by atoms with E-state index in [1.54, 1.807) is 0 Å². The normalized spacial score (nSPS) is 12.4. The molecule has 2 N–H and O–H groups in total. The Kier molecular flexibility index (Phi) is 7.35. The molecule has 0 saturated heterocycles. The van der Waals surface area contributed by atoms with Crippen molar-refractivity contribution in [3.63, 3.8) is 0 Å². The van der Waals surface area contributed by atoms with Gasteiger partial charge in [-0.3, -0.25) is 4.52 Å². The molecule has 0 bridgehead atoms. The van der Waals surface area contributed by atoms with Gasteiger partial charge in [0.1, 0.15) is 0 Å². The quantitative estimate of drug-likeness (QED) is 0.474. The molecule has 0 aromatic rings. The van der Waals surface area contributed by atoms with E-state index in [2.05, 4.69) is 4.52 Å². The predicted octanol–water partition coefficient (Wildman–Crippen LogP) is 0.885. The first-order valence-electron chi connectivity index (χ1n) is 4.43. The molecule has 0 fully saturated rings. The highest BCUT2D eigenvalue weighted by Crippen LogP contribution is 2.35. The van der Waals surface area contributed by atoms with Crippen molar-refractivity contribution in [1.29, 1.82) is 0 Å². The maximum absolute atomic E-state index is 10.3. The monoisotopic (exact) mass is 228 g/mol. The number of ether oxygens (including phenoxy) is 2. The molecule has 0 amide bonds. The largest absolute Gasteiger partial charge is 0.469 e. The Morgan fingerprint density at radius 3 is 2.07 bits per heavy atom. The average Bonchev–Trinajstić information content (AvgIpc) is 2.02. The van der Waals surface area contributed by atoms with Gasteiger partial charge in [0, 0.05) is 19.6 Å². The molecule has 0 rings (SSSR count). The number of phosphoric ester groups is 1. The van der Waals surface area contributed by atoms with Gasteiger partial charge in [-0.05, 0) is 13.8 Å². The highest BCUT2D eigenvalue weighted by Gasteiger charge is 2.15. The van der Waals surface area contributed by atoms with Gasteiger partial charge < -0.3 is 19.3 Å². The van der Waals surface area contributed by atoms with E-state index in [0.29, 0.717) is 19.6 Å². The van der Waals surface area contributed by atoms with E-state index in [0.717, 1.165) is 0 Å². The molecule has 0 atom stereocenters. The third-order valence-electron chi connectivity index (χ3n) is 1.32. The van der Waals surface area contributed by atoms with Crippen molar-refractivity contribution < 1.29 is 28.3 Å². The maximum atomic E-state index is 10.3. The van der Waals surface area contributed by atoms with Crippen molar-refractivity contribution in [2.24, 2.45) is 0 Å². The first kappa shape index (κ1) is 14.0. The molecule has 14 heavy (non-hydrogen) atoms. The molecule has 0 aliphatic carbocycles. The number of phosphoric acid groups is 1. The highest BCUT2D eigenvalue weighted by atomic mass is 31.2. The van der Waals surface area contributed by atoms with E-state index in [1.807, 2.05) is 13.8 Å². The smallest absolute Gasteiger partial charge is 0.353 e. The zero-order valence-electron chi connectivity index (χ0n) is 8.38. The van der Waals surface area contributed by atoms with E-state index >= 15 is 0 Å². The minimum atomic E-state index is -4.37. The lowest BCUT2D eigenvalue weighted by Crippen LogP contribution is -2.19. The minimum absolute atomic E-state index is 0.0883. The molecule has 0 heterocycles. The van der Waals surface area contributed by atoms with Gasteiger partial charge in [-0.25, -0.2) is 4.57 Å². The van der Waals surface area contributed by atoms with Gasteiger partial charge in [-0.15, -0.1) is 0 Å². The van der Waals surface area contributed by atoms with Gasteiger partial charge >= 0.3 is 7.82 Å².